The molecule has 0 heterocycles. The van der Waals surface area contributed by atoms with Gasteiger partial charge in [-0.3, -0.25) is 0 Å². The average Bonchev–Trinajstić information content (AvgIpc) is 2.39. The maximum Gasteiger partial charge on any atom is 0.104 e. The first-order valence-electron chi connectivity index (χ1n) is 6.23. The van der Waals surface area contributed by atoms with Gasteiger partial charge in [0.25, 0.3) is 0 Å². The first kappa shape index (κ1) is 13.4. The van der Waals surface area contributed by atoms with E-state index < -0.39 is 5.54 Å². The Balaban J connectivity index is 2.07. The lowest BCUT2D eigenvalue weighted by Crippen LogP contribution is -2.46. The number of rotatable bonds is 2. The van der Waals surface area contributed by atoms with Crippen LogP contribution >= 0.6 is 15.9 Å². The third-order valence-electron chi connectivity index (χ3n) is 3.85. The van der Waals surface area contributed by atoms with Crippen molar-refractivity contribution in [2.24, 2.45) is 5.73 Å². The van der Waals surface area contributed by atoms with Gasteiger partial charge in [0.2, 0.25) is 0 Å². The maximum atomic E-state index is 9.04. The van der Waals surface area contributed by atoms with Gasteiger partial charge in [0, 0.05) is 17.6 Å². The quantitative estimate of drug-likeness (QED) is 0.913. The number of hydrogen-bond donors (Lipinski definition) is 1. The third-order valence-corrected chi connectivity index (χ3v) is 4.52. The highest BCUT2D eigenvalue weighted by atomic mass is 79.9. The van der Waals surface area contributed by atoms with Gasteiger partial charge in [0.15, 0.2) is 0 Å². The number of halogens is 1. The van der Waals surface area contributed by atoms with Crippen LogP contribution in [-0.2, 0) is 0 Å². The molecular weight excluding hydrogens is 290 g/mol. The van der Waals surface area contributed by atoms with E-state index in [1.165, 1.54) is 5.69 Å². The van der Waals surface area contributed by atoms with Gasteiger partial charge >= 0.3 is 0 Å². The number of nitrogens with two attached hydrogens (primary N) is 1. The normalized spacial score (nSPS) is 27.6. The molecule has 0 unspecified atom stereocenters. The summed E-state index contributed by atoms with van der Waals surface area (Å²) in [6.07, 6.45) is 3.51. The van der Waals surface area contributed by atoms with Gasteiger partial charge in [0.05, 0.1) is 11.8 Å². The van der Waals surface area contributed by atoms with E-state index in [1.54, 1.807) is 0 Å². The molecule has 0 atom stereocenters. The molecule has 0 spiro atoms. The largest absolute Gasteiger partial charge is 0.371 e. The Bertz CT molecular complexity index is 458. The zero-order chi connectivity index (χ0) is 13.2. The minimum absolute atomic E-state index is 0.466. The average molecular weight is 308 g/mol. The van der Waals surface area contributed by atoms with Crippen LogP contribution in [0.4, 0.5) is 5.69 Å². The molecule has 1 aliphatic rings. The molecule has 2 rings (SSSR count). The summed E-state index contributed by atoms with van der Waals surface area (Å²) in [5.41, 5.74) is 6.59. The Morgan fingerprint density at radius 3 is 2.56 bits per heavy atom. The van der Waals surface area contributed by atoms with Crippen molar-refractivity contribution in [3.05, 3.63) is 28.7 Å². The van der Waals surface area contributed by atoms with E-state index in [9.17, 15) is 0 Å². The lowest BCUT2D eigenvalue weighted by atomic mass is 9.80. The molecule has 0 radical (unpaired) electrons. The zero-order valence-electron chi connectivity index (χ0n) is 10.6. The fourth-order valence-corrected chi connectivity index (χ4v) is 3.12. The molecule has 1 aromatic rings. The second-order valence-corrected chi connectivity index (χ2v) is 5.92. The minimum atomic E-state index is -0.606. The summed E-state index contributed by atoms with van der Waals surface area (Å²) in [4.78, 5) is 2.29. The van der Waals surface area contributed by atoms with Crippen LogP contribution in [-0.4, -0.2) is 18.6 Å². The molecule has 1 saturated carbocycles. The van der Waals surface area contributed by atoms with E-state index in [0.29, 0.717) is 6.04 Å². The number of hydrogen-bond acceptors (Lipinski definition) is 3. The summed E-state index contributed by atoms with van der Waals surface area (Å²) in [6.45, 7) is 0. The van der Waals surface area contributed by atoms with E-state index >= 15 is 0 Å². The zero-order valence-corrected chi connectivity index (χ0v) is 12.2. The van der Waals surface area contributed by atoms with Crippen LogP contribution in [0.15, 0.2) is 28.7 Å². The molecular formula is C14H18BrN3. The number of nitriles is 1. The van der Waals surface area contributed by atoms with Crippen LogP contribution in [0.1, 0.15) is 25.7 Å². The van der Waals surface area contributed by atoms with Crippen molar-refractivity contribution in [2.75, 3.05) is 11.9 Å². The molecule has 1 aromatic carbocycles. The first-order chi connectivity index (χ1) is 8.56. The second-order valence-electron chi connectivity index (χ2n) is 5.06. The molecule has 18 heavy (non-hydrogen) atoms. The Kier molecular flexibility index (Phi) is 3.94. The van der Waals surface area contributed by atoms with E-state index in [0.717, 1.165) is 30.2 Å². The monoisotopic (exact) mass is 307 g/mol. The van der Waals surface area contributed by atoms with Gasteiger partial charge in [-0.2, -0.15) is 5.26 Å². The van der Waals surface area contributed by atoms with Crippen LogP contribution < -0.4 is 10.6 Å². The molecule has 1 fully saturated rings. The summed E-state index contributed by atoms with van der Waals surface area (Å²) in [5.74, 6) is 0. The smallest absolute Gasteiger partial charge is 0.104 e. The Hall–Kier alpha value is -1.05. The number of anilines is 1. The highest BCUT2D eigenvalue weighted by Crippen LogP contribution is 2.33. The number of benzene rings is 1. The standard InChI is InChI=1S/C14H18BrN3/c1-18(13-5-3-2-4-12(13)15)11-6-8-14(17,10-16)9-7-11/h2-5,11H,6-9,17H2,1H3. The van der Waals surface area contributed by atoms with Crippen LogP contribution in [0.2, 0.25) is 0 Å². The van der Waals surface area contributed by atoms with E-state index in [4.69, 9.17) is 11.0 Å². The lowest BCUT2D eigenvalue weighted by Gasteiger charge is -2.38. The first-order valence-corrected chi connectivity index (χ1v) is 7.02. The molecule has 3 nitrogen and oxygen atoms in total. The maximum absolute atomic E-state index is 9.04. The van der Waals surface area contributed by atoms with Crippen molar-refractivity contribution in [2.45, 2.75) is 37.3 Å². The minimum Gasteiger partial charge on any atom is -0.371 e. The SMILES string of the molecule is CN(c1ccccc1Br)C1CCC(N)(C#N)CC1. The van der Waals surface area contributed by atoms with Crippen molar-refractivity contribution >= 4 is 21.6 Å². The molecule has 96 valence electrons. The van der Waals surface area contributed by atoms with Crippen molar-refractivity contribution < 1.29 is 0 Å². The molecule has 0 aliphatic heterocycles. The van der Waals surface area contributed by atoms with Crippen molar-refractivity contribution in [1.29, 1.82) is 5.26 Å². The summed E-state index contributed by atoms with van der Waals surface area (Å²) < 4.78 is 1.11. The predicted molar refractivity (Wildman–Crippen MR) is 77.3 cm³/mol. The second kappa shape index (κ2) is 5.29. The van der Waals surface area contributed by atoms with Gasteiger partial charge in [-0.25, -0.2) is 0 Å². The summed E-state index contributed by atoms with van der Waals surface area (Å²) in [6, 6.07) is 10.9. The van der Waals surface area contributed by atoms with Gasteiger partial charge < -0.3 is 10.6 Å². The molecule has 1 aliphatic carbocycles. The molecule has 0 amide bonds. The molecule has 0 saturated heterocycles. The number of para-hydroxylation sites is 1. The summed E-state index contributed by atoms with van der Waals surface area (Å²) in [7, 11) is 2.11. The van der Waals surface area contributed by atoms with E-state index in [1.807, 2.05) is 12.1 Å². The van der Waals surface area contributed by atoms with Crippen molar-refractivity contribution in [3.63, 3.8) is 0 Å². The Morgan fingerprint density at radius 1 is 1.39 bits per heavy atom. The van der Waals surface area contributed by atoms with Gasteiger partial charge in [-0.15, -0.1) is 0 Å². The fourth-order valence-electron chi connectivity index (χ4n) is 2.55. The van der Waals surface area contributed by atoms with Crippen molar-refractivity contribution in [3.8, 4) is 6.07 Å². The Morgan fingerprint density at radius 2 is 2.00 bits per heavy atom. The highest BCUT2D eigenvalue weighted by Gasteiger charge is 2.33. The van der Waals surface area contributed by atoms with E-state index in [2.05, 4.69) is 46.1 Å². The van der Waals surface area contributed by atoms with Crippen LogP contribution in [0, 0.1) is 11.3 Å². The molecule has 2 N–H and O–H groups in total. The van der Waals surface area contributed by atoms with Gasteiger partial charge in [-0.1, -0.05) is 12.1 Å². The highest BCUT2D eigenvalue weighted by molar-refractivity contribution is 9.10. The van der Waals surface area contributed by atoms with Crippen LogP contribution in [0.25, 0.3) is 0 Å². The molecule has 0 aromatic heterocycles. The third kappa shape index (κ3) is 2.68. The Labute approximate surface area is 117 Å². The van der Waals surface area contributed by atoms with Crippen LogP contribution in [0.5, 0.6) is 0 Å². The van der Waals surface area contributed by atoms with Gasteiger partial charge in [-0.05, 0) is 53.7 Å². The van der Waals surface area contributed by atoms with Gasteiger partial charge in [0.1, 0.15) is 5.54 Å². The lowest BCUT2D eigenvalue weighted by molar-refractivity contribution is 0.327. The number of nitrogens with zero attached hydrogens (tertiary/aromatic N) is 2. The molecule has 4 heteroatoms. The summed E-state index contributed by atoms with van der Waals surface area (Å²) in [5, 5.41) is 9.04. The predicted octanol–water partition coefficient (Wildman–Crippen LogP) is 3.05. The fraction of sp³-hybridized carbons (Fsp3) is 0.500. The topological polar surface area (TPSA) is 53.0 Å². The van der Waals surface area contributed by atoms with E-state index in [-0.39, 0.29) is 0 Å². The van der Waals surface area contributed by atoms with Crippen LogP contribution in [0.3, 0.4) is 0 Å². The van der Waals surface area contributed by atoms with Crippen molar-refractivity contribution in [1.82, 2.24) is 0 Å². The summed E-state index contributed by atoms with van der Waals surface area (Å²) >= 11 is 3.58. The molecule has 0 bridgehead atoms.